The molecule has 2 aliphatic rings. The molecular weight excluding hydrogens is 294 g/mol. The van der Waals surface area contributed by atoms with Crippen molar-refractivity contribution < 1.29 is 23.9 Å². The maximum atomic E-state index is 12.0. The van der Waals surface area contributed by atoms with Crippen LogP contribution in [0.5, 0.6) is 0 Å². The lowest BCUT2D eigenvalue weighted by Crippen LogP contribution is -2.35. The summed E-state index contributed by atoms with van der Waals surface area (Å²) in [5.74, 6) is -1.05. The third kappa shape index (κ3) is 2.92. The Bertz CT molecular complexity index is 571. The van der Waals surface area contributed by atoms with Gasteiger partial charge in [-0.25, -0.2) is 14.5 Å². The van der Waals surface area contributed by atoms with Gasteiger partial charge in [-0.1, -0.05) is 0 Å². The van der Waals surface area contributed by atoms with Crippen LogP contribution in [0.15, 0.2) is 6.07 Å². The minimum atomic E-state index is -0.678. The molecule has 1 aliphatic carbocycles. The Morgan fingerprint density at radius 2 is 2.14 bits per heavy atom. The Balaban J connectivity index is 1.57. The van der Waals surface area contributed by atoms with Gasteiger partial charge in [0.15, 0.2) is 6.61 Å². The summed E-state index contributed by atoms with van der Waals surface area (Å²) in [5, 5.41) is 0. The molecule has 21 heavy (non-hydrogen) atoms. The van der Waals surface area contributed by atoms with E-state index in [4.69, 9.17) is 4.74 Å². The molecule has 0 atom stereocenters. The molecule has 0 radical (unpaired) electrons. The van der Waals surface area contributed by atoms with Crippen molar-refractivity contribution in [1.82, 2.24) is 4.90 Å². The van der Waals surface area contributed by atoms with E-state index < -0.39 is 24.6 Å². The third-order valence-electron chi connectivity index (χ3n) is 3.59. The molecule has 0 bridgehead atoms. The molecule has 0 saturated carbocycles. The van der Waals surface area contributed by atoms with Gasteiger partial charge >= 0.3 is 12.1 Å². The number of carbonyl (C=O) groups excluding carboxylic acids is 3. The van der Waals surface area contributed by atoms with Crippen molar-refractivity contribution >= 4 is 29.3 Å². The van der Waals surface area contributed by atoms with Crippen molar-refractivity contribution in [3.63, 3.8) is 0 Å². The molecule has 0 spiro atoms. The van der Waals surface area contributed by atoms with E-state index in [1.807, 2.05) is 6.07 Å². The van der Waals surface area contributed by atoms with E-state index in [-0.39, 0.29) is 13.2 Å². The lowest BCUT2D eigenvalue weighted by molar-refractivity contribution is -0.131. The van der Waals surface area contributed by atoms with E-state index in [1.54, 1.807) is 0 Å². The number of hydrogen-bond donors (Lipinski definition) is 0. The monoisotopic (exact) mass is 309 g/mol. The summed E-state index contributed by atoms with van der Waals surface area (Å²) < 4.78 is 9.66. The van der Waals surface area contributed by atoms with Crippen LogP contribution < -0.4 is 0 Å². The van der Waals surface area contributed by atoms with Crippen LogP contribution in [0.3, 0.4) is 0 Å². The minimum absolute atomic E-state index is 0.191. The fraction of sp³-hybridized carbons (Fsp3) is 0.500. The molecule has 0 aromatic carbocycles. The van der Waals surface area contributed by atoms with Crippen molar-refractivity contribution in [1.29, 1.82) is 0 Å². The maximum Gasteiger partial charge on any atom is 0.416 e. The number of hydrogen-bond acceptors (Lipinski definition) is 6. The highest BCUT2D eigenvalue weighted by Gasteiger charge is 2.29. The predicted molar refractivity (Wildman–Crippen MR) is 74.3 cm³/mol. The van der Waals surface area contributed by atoms with Crippen LogP contribution in [-0.2, 0) is 27.1 Å². The Kier molecular flexibility index (Phi) is 3.92. The lowest BCUT2D eigenvalue weighted by atomic mass is 9.99. The zero-order valence-corrected chi connectivity index (χ0v) is 12.2. The highest BCUT2D eigenvalue weighted by molar-refractivity contribution is 7.14. The number of imide groups is 1. The minimum Gasteiger partial charge on any atom is -0.451 e. The van der Waals surface area contributed by atoms with Gasteiger partial charge in [-0.15, -0.1) is 11.3 Å². The zero-order chi connectivity index (χ0) is 14.8. The molecule has 6 nitrogen and oxygen atoms in total. The molecule has 112 valence electrons. The molecule has 1 fully saturated rings. The fourth-order valence-corrected chi connectivity index (χ4v) is 3.63. The molecule has 2 heterocycles. The number of rotatable bonds is 3. The van der Waals surface area contributed by atoms with Gasteiger partial charge in [0.1, 0.15) is 11.5 Å². The SMILES string of the molecule is O=C(OCC(=O)N1CCOC1=O)c1cc2c(s1)CCCC2. The molecule has 7 heteroatoms. The topological polar surface area (TPSA) is 72.9 Å². The molecule has 2 amide bonds. The largest absolute Gasteiger partial charge is 0.451 e. The van der Waals surface area contributed by atoms with Gasteiger partial charge in [0.25, 0.3) is 5.91 Å². The second-order valence-corrected chi connectivity index (χ2v) is 6.14. The highest BCUT2D eigenvalue weighted by atomic mass is 32.1. The van der Waals surface area contributed by atoms with Crippen molar-refractivity contribution in [3.8, 4) is 0 Å². The Morgan fingerprint density at radius 1 is 1.33 bits per heavy atom. The van der Waals surface area contributed by atoms with Gasteiger partial charge in [0, 0.05) is 4.88 Å². The average Bonchev–Trinajstić information content (AvgIpc) is 3.10. The van der Waals surface area contributed by atoms with Gasteiger partial charge in [0.05, 0.1) is 6.54 Å². The van der Waals surface area contributed by atoms with Crippen molar-refractivity contribution in [2.45, 2.75) is 25.7 Å². The number of ether oxygens (including phenoxy) is 2. The summed E-state index contributed by atoms with van der Waals surface area (Å²) in [6.07, 6.45) is 3.62. The van der Waals surface area contributed by atoms with Crippen LogP contribution in [0.25, 0.3) is 0 Å². The third-order valence-corrected chi connectivity index (χ3v) is 4.80. The van der Waals surface area contributed by atoms with Crippen LogP contribution >= 0.6 is 11.3 Å². The smallest absolute Gasteiger partial charge is 0.416 e. The summed E-state index contributed by atoms with van der Waals surface area (Å²) in [4.78, 5) is 37.6. The Morgan fingerprint density at radius 3 is 2.86 bits per heavy atom. The number of esters is 1. The summed E-state index contributed by atoms with van der Waals surface area (Å²) in [7, 11) is 0. The van der Waals surface area contributed by atoms with E-state index in [0.29, 0.717) is 4.88 Å². The first-order chi connectivity index (χ1) is 10.1. The van der Waals surface area contributed by atoms with Crippen molar-refractivity contribution in [2.24, 2.45) is 0 Å². The summed E-state index contributed by atoms with van der Waals surface area (Å²) in [5.41, 5.74) is 1.22. The second kappa shape index (κ2) is 5.85. The standard InChI is InChI=1S/C14H15NO5S/c16-12(15-5-6-19-14(15)18)8-20-13(17)11-7-9-3-1-2-4-10(9)21-11/h7H,1-6,8H2. The first kappa shape index (κ1) is 14.1. The fourth-order valence-electron chi connectivity index (χ4n) is 2.49. The Labute approximate surface area is 125 Å². The first-order valence-corrected chi connectivity index (χ1v) is 7.72. The normalized spacial score (nSPS) is 17.3. The molecule has 1 aliphatic heterocycles. The van der Waals surface area contributed by atoms with Crippen LogP contribution in [-0.4, -0.2) is 42.6 Å². The average molecular weight is 309 g/mol. The summed E-state index contributed by atoms with van der Waals surface area (Å²) >= 11 is 1.44. The molecule has 1 saturated heterocycles. The summed E-state index contributed by atoms with van der Waals surface area (Å²) in [6, 6.07) is 1.86. The van der Waals surface area contributed by atoms with Gasteiger partial charge in [-0.3, -0.25) is 4.79 Å². The number of amides is 2. The van der Waals surface area contributed by atoms with Crippen molar-refractivity contribution in [3.05, 3.63) is 21.4 Å². The number of thiophene rings is 1. The van der Waals surface area contributed by atoms with Gasteiger partial charge in [-0.05, 0) is 37.3 Å². The number of carbonyl (C=O) groups is 3. The van der Waals surface area contributed by atoms with E-state index >= 15 is 0 Å². The van der Waals surface area contributed by atoms with Crippen LogP contribution in [0.1, 0.15) is 33.0 Å². The van der Waals surface area contributed by atoms with E-state index in [1.165, 1.54) is 21.8 Å². The second-order valence-electron chi connectivity index (χ2n) is 5.00. The van der Waals surface area contributed by atoms with E-state index in [9.17, 15) is 14.4 Å². The number of aryl methyl sites for hydroxylation is 2. The molecular formula is C14H15NO5S. The highest BCUT2D eigenvalue weighted by Crippen LogP contribution is 2.30. The van der Waals surface area contributed by atoms with Crippen LogP contribution in [0.4, 0.5) is 4.79 Å². The maximum absolute atomic E-state index is 12.0. The predicted octanol–water partition coefficient (Wildman–Crippen LogP) is 1.76. The van der Waals surface area contributed by atoms with Crippen molar-refractivity contribution in [2.75, 3.05) is 19.8 Å². The van der Waals surface area contributed by atoms with Gasteiger partial charge < -0.3 is 9.47 Å². The molecule has 3 rings (SSSR count). The number of fused-ring (bicyclic) bond motifs is 1. The lowest BCUT2D eigenvalue weighted by Gasteiger charge is -2.10. The molecule has 1 aromatic heterocycles. The first-order valence-electron chi connectivity index (χ1n) is 6.91. The molecule has 0 unspecified atom stereocenters. The van der Waals surface area contributed by atoms with Crippen LogP contribution in [0.2, 0.25) is 0 Å². The van der Waals surface area contributed by atoms with Crippen LogP contribution in [0, 0.1) is 0 Å². The molecule has 1 aromatic rings. The summed E-state index contributed by atoms with van der Waals surface area (Å²) in [6.45, 7) is -0.0326. The van der Waals surface area contributed by atoms with E-state index in [0.717, 1.165) is 30.6 Å². The Hall–Kier alpha value is -1.89. The van der Waals surface area contributed by atoms with Gasteiger partial charge in [-0.2, -0.15) is 0 Å². The number of cyclic esters (lactones) is 1. The quantitative estimate of drug-likeness (QED) is 0.796. The van der Waals surface area contributed by atoms with Gasteiger partial charge in [0.2, 0.25) is 0 Å². The molecule has 0 N–H and O–H groups in total. The van der Waals surface area contributed by atoms with E-state index in [2.05, 4.69) is 4.74 Å². The zero-order valence-electron chi connectivity index (χ0n) is 11.4. The number of nitrogens with zero attached hydrogens (tertiary/aromatic N) is 1.